The van der Waals surface area contributed by atoms with Gasteiger partial charge in [0.05, 0.1) is 5.69 Å². The highest BCUT2D eigenvalue weighted by Gasteiger charge is 1.93. The number of hydrazone groups is 1. The van der Waals surface area contributed by atoms with E-state index in [1.165, 1.54) is 32.0 Å². The first-order chi connectivity index (χ1) is 11.3. The largest absolute Gasteiger partial charge is 0.293 e. The third-order valence-electron chi connectivity index (χ3n) is 3.37. The second-order valence-electron chi connectivity index (χ2n) is 5.36. The molecule has 0 radical (unpaired) electrons. The van der Waals surface area contributed by atoms with Gasteiger partial charge in [-0.2, -0.15) is 5.10 Å². The SMILES string of the molecule is BCCCCCC/N=C/C=C\C=C\C=N\N(C)c1ccccc1. The van der Waals surface area contributed by atoms with Crippen LogP contribution in [0.1, 0.15) is 25.7 Å². The molecule has 0 spiro atoms. The fourth-order valence-electron chi connectivity index (χ4n) is 2.02. The van der Waals surface area contributed by atoms with Crippen LogP contribution in [0.3, 0.4) is 0 Å². The molecule has 0 amide bonds. The lowest BCUT2D eigenvalue weighted by atomic mass is 9.99. The van der Waals surface area contributed by atoms with Gasteiger partial charge in [-0.25, -0.2) is 0 Å². The average Bonchev–Trinajstić information content (AvgIpc) is 2.59. The standard InChI is InChI=1S/C19H28BN3/c1-23(19-13-7-6-8-14-19)22-18-12-5-4-11-17-21-16-10-3-2-9-15-20/h4-8,11-14,17-18H,2-3,9-10,15-16,20H2,1H3/b11-4-,12-5+,21-17+,22-18+. The van der Waals surface area contributed by atoms with Crippen molar-refractivity contribution in [2.75, 3.05) is 18.6 Å². The Morgan fingerprint density at radius 2 is 1.61 bits per heavy atom. The second-order valence-corrected chi connectivity index (χ2v) is 5.36. The Morgan fingerprint density at radius 3 is 2.35 bits per heavy atom. The van der Waals surface area contributed by atoms with Crippen LogP contribution in [0.4, 0.5) is 5.69 Å². The summed E-state index contributed by atoms with van der Waals surface area (Å²) in [5.74, 6) is 0. The number of rotatable bonds is 11. The fourth-order valence-corrected chi connectivity index (χ4v) is 2.02. The molecule has 0 aliphatic heterocycles. The number of hydrogen-bond donors (Lipinski definition) is 0. The number of hydrogen-bond acceptors (Lipinski definition) is 3. The van der Waals surface area contributed by atoms with E-state index in [9.17, 15) is 0 Å². The molecule has 1 aromatic carbocycles. The first-order valence-corrected chi connectivity index (χ1v) is 8.49. The van der Waals surface area contributed by atoms with E-state index < -0.39 is 0 Å². The highest BCUT2D eigenvalue weighted by molar-refractivity contribution is 6.08. The molecule has 4 heteroatoms. The smallest absolute Gasteiger partial charge is 0.101 e. The maximum atomic E-state index is 4.37. The highest BCUT2D eigenvalue weighted by atomic mass is 15.4. The van der Waals surface area contributed by atoms with Crippen LogP contribution in [-0.2, 0) is 0 Å². The van der Waals surface area contributed by atoms with Crippen LogP contribution in [0.2, 0.25) is 6.32 Å². The molecule has 0 bridgehead atoms. The predicted molar refractivity (Wildman–Crippen MR) is 107 cm³/mol. The lowest BCUT2D eigenvalue weighted by Crippen LogP contribution is -2.07. The zero-order valence-electron chi connectivity index (χ0n) is 14.4. The minimum absolute atomic E-state index is 0.932. The number of anilines is 1. The Hall–Kier alpha value is -2.10. The molecule has 1 aromatic rings. The van der Waals surface area contributed by atoms with Crippen LogP contribution < -0.4 is 5.01 Å². The molecule has 122 valence electrons. The molecule has 23 heavy (non-hydrogen) atoms. The summed E-state index contributed by atoms with van der Waals surface area (Å²) >= 11 is 0. The maximum absolute atomic E-state index is 4.37. The van der Waals surface area contributed by atoms with E-state index in [1.807, 2.05) is 72.9 Å². The number of unbranched alkanes of at least 4 members (excludes halogenated alkanes) is 3. The first kappa shape index (κ1) is 19.0. The molecule has 3 nitrogen and oxygen atoms in total. The summed E-state index contributed by atoms with van der Waals surface area (Å²) in [7, 11) is 4.17. The summed E-state index contributed by atoms with van der Waals surface area (Å²) in [4.78, 5) is 4.37. The topological polar surface area (TPSA) is 28.0 Å². The summed E-state index contributed by atoms with van der Waals surface area (Å²) in [5.41, 5.74) is 1.07. The Kier molecular flexibility index (Phi) is 11.2. The van der Waals surface area contributed by atoms with E-state index in [1.54, 1.807) is 6.21 Å². The molecule has 0 N–H and O–H groups in total. The van der Waals surface area contributed by atoms with Crippen LogP contribution in [0.25, 0.3) is 0 Å². The second kappa shape index (κ2) is 13.6. The Balaban J connectivity index is 2.14. The lowest BCUT2D eigenvalue weighted by Gasteiger charge is -2.11. The van der Waals surface area contributed by atoms with Crippen molar-refractivity contribution in [1.82, 2.24) is 0 Å². The molecule has 0 aliphatic rings. The molecule has 0 aliphatic carbocycles. The van der Waals surface area contributed by atoms with Crippen LogP contribution >= 0.6 is 0 Å². The van der Waals surface area contributed by atoms with Gasteiger partial charge in [0.15, 0.2) is 0 Å². The van der Waals surface area contributed by atoms with Gasteiger partial charge < -0.3 is 0 Å². The summed E-state index contributed by atoms with van der Waals surface area (Å²) in [6, 6.07) is 10.1. The van der Waals surface area contributed by atoms with Crippen LogP contribution in [0.5, 0.6) is 0 Å². The summed E-state index contributed by atoms with van der Waals surface area (Å²) in [6.45, 7) is 0.932. The van der Waals surface area contributed by atoms with Gasteiger partial charge in [0.2, 0.25) is 0 Å². The highest BCUT2D eigenvalue weighted by Crippen LogP contribution is 2.10. The molecule has 0 atom stereocenters. The van der Waals surface area contributed by atoms with E-state index in [4.69, 9.17) is 0 Å². The summed E-state index contributed by atoms with van der Waals surface area (Å²) in [6.07, 6.45) is 17.9. The molecule has 0 aromatic heterocycles. The first-order valence-electron chi connectivity index (χ1n) is 8.49. The van der Waals surface area contributed by atoms with Crippen molar-refractivity contribution < 1.29 is 0 Å². The Bertz CT molecular complexity index is 507. The van der Waals surface area contributed by atoms with E-state index in [2.05, 4.69) is 17.9 Å². The van der Waals surface area contributed by atoms with Gasteiger partial charge in [-0.15, -0.1) is 0 Å². The van der Waals surface area contributed by atoms with Gasteiger partial charge in [0, 0.05) is 26.0 Å². The Labute approximate surface area is 141 Å². The molecular formula is C19H28BN3. The van der Waals surface area contributed by atoms with Crippen LogP contribution in [-0.4, -0.2) is 33.9 Å². The lowest BCUT2D eigenvalue weighted by molar-refractivity contribution is 0.675. The van der Waals surface area contributed by atoms with Gasteiger partial charge in [-0.1, -0.05) is 55.9 Å². The van der Waals surface area contributed by atoms with Crippen molar-refractivity contribution in [3.8, 4) is 0 Å². The molecular weight excluding hydrogens is 281 g/mol. The monoisotopic (exact) mass is 309 g/mol. The quantitative estimate of drug-likeness (QED) is 0.200. The number of nitrogens with zero attached hydrogens (tertiary/aromatic N) is 3. The van der Waals surface area contributed by atoms with Crippen molar-refractivity contribution >= 4 is 26.0 Å². The van der Waals surface area contributed by atoms with E-state index in [0.29, 0.717) is 0 Å². The molecule has 1 rings (SSSR count). The molecule has 0 unspecified atom stereocenters. The Morgan fingerprint density at radius 1 is 0.913 bits per heavy atom. The van der Waals surface area contributed by atoms with Gasteiger partial charge in [0.1, 0.15) is 7.85 Å². The van der Waals surface area contributed by atoms with Gasteiger partial charge in [-0.05, 0) is 30.7 Å². The van der Waals surface area contributed by atoms with Crippen LogP contribution in [0.15, 0.2) is 64.7 Å². The van der Waals surface area contributed by atoms with Gasteiger partial charge in [-0.3, -0.25) is 10.0 Å². The number of benzene rings is 1. The van der Waals surface area contributed by atoms with Gasteiger partial charge >= 0.3 is 0 Å². The molecule has 0 saturated heterocycles. The average molecular weight is 309 g/mol. The third-order valence-corrected chi connectivity index (χ3v) is 3.37. The zero-order valence-corrected chi connectivity index (χ0v) is 14.4. The predicted octanol–water partition coefficient (Wildman–Crippen LogP) is 3.90. The van der Waals surface area contributed by atoms with Crippen molar-refractivity contribution in [3.05, 3.63) is 54.6 Å². The van der Waals surface area contributed by atoms with E-state index >= 15 is 0 Å². The van der Waals surface area contributed by atoms with Crippen molar-refractivity contribution in [2.45, 2.75) is 32.0 Å². The van der Waals surface area contributed by atoms with Crippen molar-refractivity contribution in [1.29, 1.82) is 0 Å². The maximum Gasteiger partial charge on any atom is 0.101 e. The minimum atomic E-state index is 0.932. The van der Waals surface area contributed by atoms with Crippen molar-refractivity contribution in [2.24, 2.45) is 10.1 Å². The number of para-hydroxylation sites is 1. The fraction of sp³-hybridized carbons (Fsp3) is 0.368. The normalized spacial score (nSPS) is 12.2. The number of aliphatic imine (C=N–C) groups is 1. The van der Waals surface area contributed by atoms with Crippen molar-refractivity contribution in [3.63, 3.8) is 0 Å². The summed E-state index contributed by atoms with van der Waals surface area (Å²) in [5, 5.41) is 6.17. The zero-order chi connectivity index (χ0) is 16.6. The molecule has 0 fully saturated rings. The van der Waals surface area contributed by atoms with Gasteiger partial charge in [0.25, 0.3) is 0 Å². The molecule has 0 heterocycles. The third kappa shape index (κ3) is 10.3. The summed E-state index contributed by atoms with van der Waals surface area (Å²) < 4.78 is 0. The number of allylic oxidation sites excluding steroid dienone is 4. The molecule has 0 saturated carbocycles. The van der Waals surface area contributed by atoms with E-state index in [-0.39, 0.29) is 0 Å². The van der Waals surface area contributed by atoms with E-state index in [0.717, 1.165) is 12.2 Å². The minimum Gasteiger partial charge on any atom is -0.293 e. The van der Waals surface area contributed by atoms with Crippen LogP contribution in [0, 0.1) is 0 Å².